The van der Waals surface area contributed by atoms with Gasteiger partial charge in [0.1, 0.15) is 17.0 Å². The fraction of sp³-hybridized carbons (Fsp3) is 0.0588. The van der Waals surface area contributed by atoms with E-state index in [4.69, 9.17) is 0 Å². The van der Waals surface area contributed by atoms with Crippen LogP contribution < -0.4 is 10.0 Å². The zero-order valence-electron chi connectivity index (χ0n) is 14.1. The van der Waals surface area contributed by atoms with Crippen LogP contribution in [0.15, 0.2) is 60.0 Å². The van der Waals surface area contributed by atoms with Gasteiger partial charge in [-0.1, -0.05) is 0 Å². The van der Waals surface area contributed by atoms with Crippen LogP contribution in [-0.2, 0) is 10.0 Å². The molecule has 136 valence electrons. The summed E-state index contributed by atoms with van der Waals surface area (Å²) >= 11 is 1.59. The maximum Gasteiger partial charge on any atom is 0.264 e. The number of rotatable bonds is 5. The van der Waals surface area contributed by atoms with Gasteiger partial charge in [-0.25, -0.2) is 33.1 Å². The number of benzene rings is 1. The van der Waals surface area contributed by atoms with Crippen LogP contribution in [0, 0.1) is 6.92 Å². The number of thiophene rings is 1. The van der Waals surface area contributed by atoms with Crippen molar-refractivity contribution in [2.75, 3.05) is 10.0 Å². The second-order valence-electron chi connectivity index (χ2n) is 5.63. The Morgan fingerprint density at radius 1 is 1.00 bits per heavy atom. The molecule has 3 heterocycles. The van der Waals surface area contributed by atoms with Crippen LogP contribution in [0.4, 0.5) is 17.5 Å². The summed E-state index contributed by atoms with van der Waals surface area (Å²) < 4.78 is 27.2. The zero-order valence-corrected chi connectivity index (χ0v) is 15.8. The van der Waals surface area contributed by atoms with E-state index >= 15 is 0 Å². The Morgan fingerprint density at radius 3 is 2.48 bits per heavy atom. The van der Waals surface area contributed by atoms with Crippen molar-refractivity contribution >= 4 is 49.0 Å². The Morgan fingerprint density at radius 2 is 1.74 bits per heavy atom. The second kappa shape index (κ2) is 6.89. The molecule has 0 atom stereocenters. The van der Waals surface area contributed by atoms with E-state index in [2.05, 4.69) is 30.0 Å². The van der Waals surface area contributed by atoms with Crippen LogP contribution in [-0.4, -0.2) is 28.4 Å². The van der Waals surface area contributed by atoms with Crippen LogP contribution in [0.25, 0.3) is 10.2 Å². The smallest absolute Gasteiger partial charge is 0.264 e. The molecule has 8 nitrogen and oxygen atoms in total. The van der Waals surface area contributed by atoms with Gasteiger partial charge in [0.15, 0.2) is 0 Å². The molecular formula is C17H14N6O2S2. The van der Waals surface area contributed by atoms with Gasteiger partial charge in [-0.15, -0.1) is 11.3 Å². The Bertz CT molecular complexity index is 1190. The highest BCUT2D eigenvalue weighted by molar-refractivity contribution is 7.92. The van der Waals surface area contributed by atoms with Crippen LogP contribution in [0.5, 0.6) is 0 Å². The SMILES string of the molecule is Cc1cc2c(Nc3ccc(S(=O)(=O)Nc4ncccn4)cc3)ncnc2s1. The maximum atomic E-state index is 12.4. The minimum Gasteiger partial charge on any atom is -0.340 e. The summed E-state index contributed by atoms with van der Waals surface area (Å²) in [6.07, 6.45) is 4.43. The van der Waals surface area contributed by atoms with Crippen LogP contribution in [0.2, 0.25) is 0 Å². The summed E-state index contributed by atoms with van der Waals surface area (Å²) in [6.45, 7) is 2.01. The standard InChI is InChI=1S/C17H14N6O2S2/c1-11-9-14-15(20-10-21-16(14)26-11)22-12-3-5-13(6-4-12)27(24,25)23-17-18-7-2-8-19-17/h2-10H,1H3,(H,18,19,23)(H,20,21,22). The van der Waals surface area contributed by atoms with Gasteiger partial charge in [-0.3, -0.25) is 0 Å². The zero-order chi connectivity index (χ0) is 18.9. The molecule has 4 aromatic rings. The van der Waals surface area contributed by atoms with E-state index in [1.165, 1.54) is 30.9 Å². The highest BCUT2D eigenvalue weighted by Gasteiger charge is 2.15. The minimum absolute atomic E-state index is 0.0240. The molecule has 0 spiro atoms. The van der Waals surface area contributed by atoms with Crippen molar-refractivity contribution in [1.29, 1.82) is 0 Å². The molecular weight excluding hydrogens is 384 g/mol. The van der Waals surface area contributed by atoms with Crippen molar-refractivity contribution in [1.82, 2.24) is 19.9 Å². The maximum absolute atomic E-state index is 12.4. The highest BCUT2D eigenvalue weighted by atomic mass is 32.2. The van der Waals surface area contributed by atoms with E-state index in [1.807, 2.05) is 13.0 Å². The summed E-state index contributed by atoms with van der Waals surface area (Å²) in [5.74, 6) is 0.701. The van der Waals surface area contributed by atoms with E-state index in [1.54, 1.807) is 29.5 Å². The lowest BCUT2D eigenvalue weighted by atomic mass is 10.3. The first-order chi connectivity index (χ1) is 13.0. The monoisotopic (exact) mass is 398 g/mol. The lowest BCUT2D eigenvalue weighted by Crippen LogP contribution is -2.14. The van der Waals surface area contributed by atoms with Crippen molar-refractivity contribution in [2.24, 2.45) is 0 Å². The first kappa shape index (κ1) is 17.3. The van der Waals surface area contributed by atoms with Gasteiger partial charge < -0.3 is 5.32 Å². The predicted octanol–water partition coefficient (Wildman–Crippen LogP) is 3.33. The van der Waals surface area contributed by atoms with Crippen LogP contribution >= 0.6 is 11.3 Å². The summed E-state index contributed by atoms with van der Waals surface area (Å²) in [5, 5.41) is 4.13. The Hall–Kier alpha value is -3.11. The summed E-state index contributed by atoms with van der Waals surface area (Å²) in [5.41, 5.74) is 0.716. The molecule has 4 rings (SSSR count). The molecule has 0 saturated carbocycles. The molecule has 3 aromatic heterocycles. The number of nitrogens with one attached hydrogen (secondary N) is 2. The van der Waals surface area contributed by atoms with Gasteiger partial charge in [0, 0.05) is 23.0 Å². The van der Waals surface area contributed by atoms with Gasteiger partial charge >= 0.3 is 0 Å². The topological polar surface area (TPSA) is 110 Å². The van der Waals surface area contributed by atoms with E-state index in [9.17, 15) is 8.42 Å². The Labute approximate surface area is 159 Å². The normalized spacial score (nSPS) is 11.4. The average Bonchev–Trinajstić information content (AvgIpc) is 3.04. The second-order valence-corrected chi connectivity index (χ2v) is 8.54. The third-order valence-corrected chi connectivity index (χ3v) is 5.97. The first-order valence-corrected chi connectivity index (χ1v) is 10.2. The molecule has 0 aliphatic carbocycles. The third-order valence-electron chi connectivity index (χ3n) is 3.67. The third kappa shape index (κ3) is 3.71. The fourth-order valence-electron chi connectivity index (χ4n) is 2.46. The molecule has 1 aromatic carbocycles. The number of hydrogen-bond donors (Lipinski definition) is 2. The lowest BCUT2D eigenvalue weighted by molar-refractivity contribution is 0.601. The van der Waals surface area contributed by atoms with E-state index in [-0.39, 0.29) is 10.8 Å². The number of nitrogens with zero attached hydrogens (tertiary/aromatic N) is 4. The van der Waals surface area contributed by atoms with Crippen molar-refractivity contribution in [3.05, 3.63) is 60.0 Å². The average molecular weight is 398 g/mol. The molecule has 27 heavy (non-hydrogen) atoms. The molecule has 0 unspecified atom stereocenters. The van der Waals surface area contributed by atoms with Crippen LogP contribution in [0.3, 0.4) is 0 Å². The fourth-order valence-corrected chi connectivity index (χ4v) is 4.27. The quantitative estimate of drug-likeness (QED) is 0.530. The number of sulfonamides is 1. The van der Waals surface area contributed by atoms with Crippen molar-refractivity contribution < 1.29 is 8.42 Å². The van der Waals surface area contributed by atoms with E-state index in [0.29, 0.717) is 11.5 Å². The summed E-state index contributed by atoms with van der Waals surface area (Å²) in [6, 6.07) is 9.99. The Kier molecular flexibility index (Phi) is 4.42. The molecule has 0 aliphatic rings. The number of anilines is 3. The van der Waals surface area contributed by atoms with Crippen molar-refractivity contribution in [3.8, 4) is 0 Å². The molecule has 0 fully saturated rings. The van der Waals surface area contributed by atoms with Gasteiger partial charge in [0.05, 0.1) is 10.3 Å². The van der Waals surface area contributed by atoms with Crippen LogP contribution in [0.1, 0.15) is 4.88 Å². The number of aromatic nitrogens is 4. The molecule has 0 saturated heterocycles. The largest absolute Gasteiger partial charge is 0.340 e. The van der Waals surface area contributed by atoms with Gasteiger partial charge in [-0.2, -0.15) is 0 Å². The summed E-state index contributed by atoms with van der Waals surface area (Å²) in [7, 11) is -3.76. The molecule has 0 bridgehead atoms. The number of fused-ring (bicyclic) bond motifs is 1. The number of aryl methyl sites for hydroxylation is 1. The molecule has 0 aliphatic heterocycles. The van der Waals surface area contributed by atoms with Gasteiger partial charge in [-0.05, 0) is 43.3 Å². The predicted molar refractivity (Wildman–Crippen MR) is 105 cm³/mol. The van der Waals surface area contributed by atoms with E-state index in [0.717, 1.165) is 15.1 Å². The first-order valence-electron chi connectivity index (χ1n) is 7.89. The lowest BCUT2D eigenvalue weighted by Gasteiger charge is -2.09. The molecule has 10 heteroatoms. The van der Waals surface area contributed by atoms with E-state index < -0.39 is 10.0 Å². The summed E-state index contributed by atoms with van der Waals surface area (Å²) in [4.78, 5) is 18.4. The highest BCUT2D eigenvalue weighted by Crippen LogP contribution is 2.29. The molecule has 2 N–H and O–H groups in total. The van der Waals surface area contributed by atoms with Gasteiger partial charge in [0.2, 0.25) is 5.95 Å². The van der Waals surface area contributed by atoms with Gasteiger partial charge in [0.25, 0.3) is 10.0 Å². The Balaban J connectivity index is 1.57. The molecule has 0 radical (unpaired) electrons. The van der Waals surface area contributed by atoms with Crippen molar-refractivity contribution in [2.45, 2.75) is 11.8 Å². The van der Waals surface area contributed by atoms with Crippen molar-refractivity contribution in [3.63, 3.8) is 0 Å². The number of hydrogen-bond acceptors (Lipinski definition) is 8. The minimum atomic E-state index is -3.76. The molecule has 0 amide bonds.